The van der Waals surface area contributed by atoms with Crippen molar-refractivity contribution in [3.05, 3.63) is 0 Å². The Bertz CT molecular complexity index is 109. The molecular weight excluding hydrogens is 150 g/mol. The summed E-state index contributed by atoms with van der Waals surface area (Å²) < 4.78 is 31.6. The average Bonchev–Trinajstić information content (AvgIpc) is 1.27. The molecule has 0 aromatic carbocycles. The quantitative estimate of drug-likeness (QED) is 0.354. The zero-order valence-electron chi connectivity index (χ0n) is 4.98. The lowest BCUT2D eigenvalue weighted by atomic mass is 10.9. The van der Waals surface area contributed by atoms with Crippen LogP contribution in [0.2, 0.25) is 0 Å². The van der Waals surface area contributed by atoms with Gasteiger partial charge in [-0.1, -0.05) is 0 Å². The molecule has 0 aromatic heterocycles. The highest BCUT2D eigenvalue weighted by Gasteiger charge is 1.84. The minimum absolute atomic E-state index is 0. The van der Waals surface area contributed by atoms with Crippen molar-refractivity contribution in [3.8, 4) is 0 Å². The van der Waals surface area contributed by atoms with Gasteiger partial charge >= 0.3 is 10.4 Å². The molecule has 0 aliphatic heterocycles. The minimum atomic E-state index is -4.67. The fraction of sp³-hybridized carbons (Fsp3) is 1.00. The Kier molecular flexibility index (Phi) is 13.8. The van der Waals surface area contributed by atoms with E-state index in [4.69, 9.17) is 22.6 Å². The molecule has 0 heterocycles. The summed E-state index contributed by atoms with van der Waals surface area (Å²) in [7, 11) is -4.67. The molecule has 0 aromatic rings. The number of rotatable bonds is 0. The molecule has 0 amide bonds. The maximum absolute atomic E-state index is 8.74. The molecule has 0 aliphatic rings. The number of hydrogen-bond donors (Lipinski definition) is 4. The van der Waals surface area contributed by atoms with Gasteiger partial charge in [0.2, 0.25) is 0 Å². The van der Waals surface area contributed by atoms with Crippen molar-refractivity contribution < 1.29 is 22.6 Å². The van der Waals surface area contributed by atoms with Gasteiger partial charge < -0.3 is 11.3 Å². The van der Waals surface area contributed by atoms with Gasteiger partial charge in [-0.25, -0.2) is 0 Å². The highest BCUT2D eigenvalue weighted by molar-refractivity contribution is 7.79. The molecule has 9 heavy (non-hydrogen) atoms. The first-order valence-electron chi connectivity index (χ1n) is 1.72. The Morgan fingerprint density at radius 3 is 1.33 bits per heavy atom. The van der Waals surface area contributed by atoms with E-state index in [1.54, 1.807) is 6.92 Å². The lowest BCUT2D eigenvalue weighted by Crippen LogP contribution is -1.89. The first kappa shape index (κ1) is 15.9. The van der Waals surface area contributed by atoms with E-state index in [0.717, 1.165) is 0 Å². The fourth-order valence-electron chi connectivity index (χ4n) is 0. The highest BCUT2D eigenvalue weighted by atomic mass is 32.3. The fourth-order valence-corrected chi connectivity index (χ4v) is 0. The third kappa shape index (κ3) is 5920. The average molecular weight is 161 g/mol. The molecule has 0 spiro atoms. The van der Waals surface area contributed by atoms with Crippen LogP contribution >= 0.6 is 0 Å². The summed E-state index contributed by atoms with van der Waals surface area (Å²) in [5, 5.41) is 7.57. The smallest absolute Gasteiger partial charge is 0.394 e. The van der Waals surface area contributed by atoms with E-state index in [1.165, 1.54) is 0 Å². The molecule has 0 fully saturated rings. The zero-order chi connectivity index (χ0) is 7.21. The molecule has 0 atom stereocenters. The van der Waals surface area contributed by atoms with Gasteiger partial charge in [-0.15, -0.1) is 0 Å². The number of aliphatic hydroxyl groups excluding tert-OH is 1. The van der Waals surface area contributed by atoms with Gasteiger partial charge in [0.15, 0.2) is 0 Å². The van der Waals surface area contributed by atoms with Crippen molar-refractivity contribution in [2.75, 3.05) is 6.61 Å². The van der Waals surface area contributed by atoms with E-state index in [1.807, 2.05) is 0 Å². The minimum Gasteiger partial charge on any atom is -0.397 e. The molecule has 0 saturated heterocycles. The summed E-state index contributed by atoms with van der Waals surface area (Å²) >= 11 is 0. The summed E-state index contributed by atoms with van der Waals surface area (Å²) in [5.41, 5.74) is 0. The SMILES string of the molecule is CCO.N.O=S(=O)(O)O. The van der Waals surface area contributed by atoms with Gasteiger partial charge in [0.05, 0.1) is 0 Å². The third-order valence-electron chi connectivity index (χ3n) is 0. The van der Waals surface area contributed by atoms with Crippen LogP contribution in [0.1, 0.15) is 6.92 Å². The Morgan fingerprint density at radius 2 is 1.33 bits per heavy atom. The molecule has 0 aliphatic carbocycles. The van der Waals surface area contributed by atoms with Crippen molar-refractivity contribution >= 4 is 10.4 Å². The molecule has 60 valence electrons. The standard InChI is InChI=1S/C2H6O.H3N.H2O4S/c1-2-3;;1-5(2,3)4/h3H,2H2,1H3;1H3;(H2,1,2,3,4). The second-order valence-electron chi connectivity index (χ2n) is 0.764. The van der Waals surface area contributed by atoms with Gasteiger partial charge in [-0.05, 0) is 6.92 Å². The Morgan fingerprint density at radius 1 is 1.33 bits per heavy atom. The molecular formula is C2H11NO5S. The number of aliphatic hydroxyl groups is 1. The van der Waals surface area contributed by atoms with Crippen LogP contribution in [0.4, 0.5) is 0 Å². The second kappa shape index (κ2) is 7.79. The molecule has 0 rings (SSSR count). The van der Waals surface area contributed by atoms with Crippen molar-refractivity contribution in [2.45, 2.75) is 6.92 Å². The molecule has 0 radical (unpaired) electrons. The molecule has 7 heteroatoms. The second-order valence-corrected chi connectivity index (χ2v) is 1.66. The Labute approximate surface area is 53.7 Å². The van der Waals surface area contributed by atoms with Crippen LogP contribution in [0.25, 0.3) is 0 Å². The van der Waals surface area contributed by atoms with Crippen molar-refractivity contribution in [2.24, 2.45) is 0 Å². The molecule has 6 N–H and O–H groups in total. The van der Waals surface area contributed by atoms with Crippen LogP contribution in [0.3, 0.4) is 0 Å². The summed E-state index contributed by atoms with van der Waals surface area (Å²) in [6.07, 6.45) is 0. The summed E-state index contributed by atoms with van der Waals surface area (Å²) in [5.74, 6) is 0. The molecule has 0 unspecified atom stereocenters. The monoisotopic (exact) mass is 161 g/mol. The van der Waals surface area contributed by atoms with Crippen molar-refractivity contribution in [1.29, 1.82) is 0 Å². The first-order chi connectivity index (χ1) is 3.41. The predicted octanol–water partition coefficient (Wildman–Crippen LogP) is -0.492. The van der Waals surface area contributed by atoms with E-state index in [0.29, 0.717) is 0 Å². The summed E-state index contributed by atoms with van der Waals surface area (Å²) in [6.45, 7) is 1.93. The third-order valence-corrected chi connectivity index (χ3v) is 0. The van der Waals surface area contributed by atoms with E-state index in [-0.39, 0.29) is 12.8 Å². The van der Waals surface area contributed by atoms with Gasteiger partial charge in [0.1, 0.15) is 0 Å². The van der Waals surface area contributed by atoms with Crippen LogP contribution in [0, 0.1) is 0 Å². The largest absolute Gasteiger partial charge is 0.397 e. The van der Waals surface area contributed by atoms with E-state index >= 15 is 0 Å². The van der Waals surface area contributed by atoms with Crippen LogP contribution in [0.15, 0.2) is 0 Å². The lowest BCUT2D eigenvalue weighted by molar-refractivity contribution is 0.318. The van der Waals surface area contributed by atoms with Gasteiger partial charge in [0, 0.05) is 6.61 Å². The Balaban J connectivity index is -0.0000000800. The van der Waals surface area contributed by atoms with Gasteiger partial charge in [-0.3, -0.25) is 9.11 Å². The van der Waals surface area contributed by atoms with Crippen LogP contribution in [0.5, 0.6) is 0 Å². The number of hydrogen-bond acceptors (Lipinski definition) is 4. The van der Waals surface area contributed by atoms with Gasteiger partial charge in [-0.2, -0.15) is 8.42 Å². The van der Waals surface area contributed by atoms with Crippen molar-refractivity contribution in [3.63, 3.8) is 0 Å². The molecule has 6 nitrogen and oxygen atoms in total. The molecule has 0 bridgehead atoms. The summed E-state index contributed by atoms with van der Waals surface area (Å²) in [6, 6.07) is 0. The maximum Gasteiger partial charge on any atom is 0.394 e. The predicted molar refractivity (Wildman–Crippen MR) is 32.0 cm³/mol. The van der Waals surface area contributed by atoms with E-state index in [2.05, 4.69) is 0 Å². The van der Waals surface area contributed by atoms with Crippen LogP contribution < -0.4 is 6.15 Å². The molecule has 0 saturated carbocycles. The Hall–Kier alpha value is -0.210. The van der Waals surface area contributed by atoms with Crippen LogP contribution in [-0.2, 0) is 10.4 Å². The van der Waals surface area contributed by atoms with E-state index < -0.39 is 10.4 Å². The topological polar surface area (TPSA) is 130 Å². The zero-order valence-corrected chi connectivity index (χ0v) is 5.80. The van der Waals surface area contributed by atoms with E-state index in [9.17, 15) is 0 Å². The first-order valence-corrected chi connectivity index (χ1v) is 3.12. The van der Waals surface area contributed by atoms with Crippen LogP contribution in [-0.4, -0.2) is 29.2 Å². The normalized spacial score (nSPS) is 8.44. The summed E-state index contributed by atoms with van der Waals surface area (Å²) in [4.78, 5) is 0. The van der Waals surface area contributed by atoms with Crippen molar-refractivity contribution in [1.82, 2.24) is 6.15 Å². The lowest BCUT2D eigenvalue weighted by Gasteiger charge is -1.68. The maximum atomic E-state index is 8.74. The van der Waals surface area contributed by atoms with Gasteiger partial charge in [0.25, 0.3) is 0 Å². The highest BCUT2D eigenvalue weighted by Crippen LogP contribution is 1.59.